The molecule has 0 heterocycles. The zero-order chi connectivity index (χ0) is 15.9. The number of hydrogen-bond acceptors (Lipinski definition) is 2. The summed E-state index contributed by atoms with van der Waals surface area (Å²) in [4.78, 5) is 2.20. The van der Waals surface area contributed by atoms with Gasteiger partial charge < -0.3 is 10.2 Å². The molecule has 0 aliphatic rings. The first-order valence-corrected chi connectivity index (χ1v) is 8.08. The minimum Gasteiger partial charge on any atom is -0.317 e. The summed E-state index contributed by atoms with van der Waals surface area (Å²) in [7, 11) is 6.23. The SMILES string of the molecule is CNC(C)CCc1ccc(-c2cccc(CN(C)C)c2)cc1. The van der Waals surface area contributed by atoms with E-state index in [-0.39, 0.29) is 0 Å². The molecule has 0 bridgehead atoms. The first-order valence-electron chi connectivity index (χ1n) is 8.08. The highest BCUT2D eigenvalue weighted by Gasteiger charge is 2.03. The molecule has 2 aromatic carbocycles. The van der Waals surface area contributed by atoms with Crippen molar-refractivity contribution in [1.82, 2.24) is 10.2 Å². The van der Waals surface area contributed by atoms with Crippen molar-refractivity contribution in [3.05, 3.63) is 59.7 Å². The van der Waals surface area contributed by atoms with E-state index in [1.54, 1.807) is 0 Å². The van der Waals surface area contributed by atoms with Gasteiger partial charge in [-0.15, -0.1) is 0 Å². The van der Waals surface area contributed by atoms with Crippen LogP contribution in [0.1, 0.15) is 24.5 Å². The van der Waals surface area contributed by atoms with Crippen molar-refractivity contribution in [3.63, 3.8) is 0 Å². The zero-order valence-corrected chi connectivity index (χ0v) is 14.3. The summed E-state index contributed by atoms with van der Waals surface area (Å²) < 4.78 is 0. The summed E-state index contributed by atoms with van der Waals surface area (Å²) in [5.41, 5.74) is 5.37. The second-order valence-corrected chi connectivity index (χ2v) is 6.36. The molecule has 0 saturated carbocycles. The van der Waals surface area contributed by atoms with Crippen molar-refractivity contribution in [2.24, 2.45) is 0 Å². The van der Waals surface area contributed by atoms with Crippen molar-refractivity contribution in [3.8, 4) is 11.1 Å². The lowest BCUT2D eigenvalue weighted by Crippen LogP contribution is -2.21. The maximum absolute atomic E-state index is 3.29. The summed E-state index contributed by atoms with van der Waals surface area (Å²) in [5, 5.41) is 3.29. The van der Waals surface area contributed by atoms with E-state index >= 15 is 0 Å². The van der Waals surface area contributed by atoms with Gasteiger partial charge in [0.2, 0.25) is 0 Å². The third kappa shape index (κ3) is 4.97. The Morgan fingerprint density at radius 2 is 1.68 bits per heavy atom. The number of benzene rings is 2. The number of nitrogens with zero attached hydrogens (tertiary/aromatic N) is 1. The largest absolute Gasteiger partial charge is 0.317 e. The van der Waals surface area contributed by atoms with Gasteiger partial charge >= 0.3 is 0 Å². The molecule has 0 fully saturated rings. The average molecular weight is 296 g/mol. The highest BCUT2D eigenvalue weighted by Crippen LogP contribution is 2.22. The molecule has 0 aliphatic heterocycles. The van der Waals surface area contributed by atoms with E-state index in [1.165, 1.54) is 28.7 Å². The Labute approximate surface area is 135 Å². The quantitative estimate of drug-likeness (QED) is 0.832. The number of rotatable bonds is 7. The van der Waals surface area contributed by atoms with Gasteiger partial charge in [-0.2, -0.15) is 0 Å². The second kappa shape index (κ2) is 8.11. The summed E-state index contributed by atoms with van der Waals surface area (Å²) in [6.07, 6.45) is 2.30. The van der Waals surface area contributed by atoms with Gasteiger partial charge in [-0.05, 0) is 69.2 Å². The fourth-order valence-electron chi connectivity index (χ4n) is 2.61. The van der Waals surface area contributed by atoms with Gasteiger partial charge in [0.05, 0.1) is 0 Å². The average Bonchev–Trinajstić information content (AvgIpc) is 2.52. The molecule has 1 N–H and O–H groups in total. The van der Waals surface area contributed by atoms with Crippen molar-refractivity contribution in [1.29, 1.82) is 0 Å². The van der Waals surface area contributed by atoms with Gasteiger partial charge in [-0.3, -0.25) is 0 Å². The van der Waals surface area contributed by atoms with Crippen LogP contribution < -0.4 is 5.32 Å². The number of nitrogens with one attached hydrogen (secondary N) is 1. The van der Waals surface area contributed by atoms with Crippen molar-refractivity contribution in [2.75, 3.05) is 21.1 Å². The van der Waals surface area contributed by atoms with Crippen LogP contribution in [0.15, 0.2) is 48.5 Å². The molecular formula is C20H28N2. The summed E-state index contributed by atoms with van der Waals surface area (Å²) in [6, 6.07) is 18.4. The third-order valence-electron chi connectivity index (χ3n) is 4.07. The molecule has 0 aromatic heterocycles. The van der Waals surface area contributed by atoms with Crippen LogP contribution in [0.4, 0.5) is 0 Å². The van der Waals surface area contributed by atoms with Gasteiger partial charge in [0.25, 0.3) is 0 Å². The highest BCUT2D eigenvalue weighted by molar-refractivity contribution is 5.64. The lowest BCUT2D eigenvalue weighted by molar-refractivity contribution is 0.402. The van der Waals surface area contributed by atoms with E-state index in [0.717, 1.165) is 13.0 Å². The molecule has 1 unspecified atom stereocenters. The van der Waals surface area contributed by atoms with Crippen LogP contribution in [-0.4, -0.2) is 32.1 Å². The predicted octanol–water partition coefficient (Wildman–Crippen LogP) is 3.96. The zero-order valence-electron chi connectivity index (χ0n) is 14.3. The summed E-state index contributed by atoms with van der Waals surface area (Å²) >= 11 is 0. The minimum absolute atomic E-state index is 0.572. The Hall–Kier alpha value is -1.64. The molecule has 118 valence electrons. The maximum atomic E-state index is 3.29. The molecule has 2 rings (SSSR count). The van der Waals surface area contributed by atoms with Gasteiger partial charge in [-0.25, -0.2) is 0 Å². The molecule has 22 heavy (non-hydrogen) atoms. The van der Waals surface area contributed by atoms with Crippen LogP contribution in [0.2, 0.25) is 0 Å². The molecular weight excluding hydrogens is 268 g/mol. The van der Waals surface area contributed by atoms with E-state index in [0.29, 0.717) is 6.04 Å². The monoisotopic (exact) mass is 296 g/mol. The van der Waals surface area contributed by atoms with Gasteiger partial charge in [0.1, 0.15) is 0 Å². The topological polar surface area (TPSA) is 15.3 Å². The van der Waals surface area contributed by atoms with Crippen molar-refractivity contribution < 1.29 is 0 Å². The van der Waals surface area contributed by atoms with E-state index in [9.17, 15) is 0 Å². The molecule has 1 atom stereocenters. The van der Waals surface area contributed by atoms with Crippen LogP contribution in [0.25, 0.3) is 11.1 Å². The third-order valence-corrected chi connectivity index (χ3v) is 4.07. The van der Waals surface area contributed by atoms with Gasteiger partial charge in [0.15, 0.2) is 0 Å². The first kappa shape index (κ1) is 16.7. The maximum Gasteiger partial charge on any atom is 0.0227 e. The highest BCUT2D eigenvalue weighted by atomic mass is 15.0. The van der Waals surface area contributed by atoms with Gasteiger partial charge in [-0.1, -0.05) is 42.5 Å². The Balaban J connectivity index is 2.06. The lowest BCUT2D eigenvalue weighted by Gasteiger charge is -2.12. The first-order chi connectivity index (χ1) is 10.6. The van der Waals surface area contributed by atoms with E-state index < -0.39 is 0 Å². The predicted molar refractivity (Wildman–Crippen MR) is 96.1 cm³/mol. The Morgan fingerprint density at radius 1 is 0.955 bits per heavy atom. The Bertz CT molecular complexity index is 573. The van der Waals surface area contributed by atoms with E-state index in [2.05, 4.69) is 79.8 Å². The fourth-order valence-corrected chi connectivity index (χ4v) is 2.61. The normalized spacial score (nSPS) is 12.6. The van der Waals surface area contributed by atoms with E-state index in [4.69, 9.17) is 0 Å². The minimum atomic E-state index is 0.572. The molecule has 0 amide bonds. The standard InChI is InChI=1S/C20H28N2/c1-16(21-2)8-9-17-10-12-19(13-11-17)20-7-5-6-18(14-20)15-22(3)4/h5-7,10-14,16,21H,8-9,15H2,1-4H3. The summed E-state index contributed by atoms with van der Waals surface area (Å²) in [5.74, 6) is 0. The smallest absolute Gasteiger partial charge is 0.0227 e. The Morgan fingerprint density at radius 3 is 2.32 bits per heavy atom. The van der Waals surface area contributed by atoms with Crippen LogP contribution >= 0.6 is 0 Å². The molecule has 0 radical (unpaired) electrons. The summed E-state index contributed by atoms with van der Waals surface area (Å²) in [6.45, 7) is 3.21. The van der Waals surface area contributed by atoms with Crippen LogP contribution in [0, 0.1) is 0 Å². The van der Waals surface area contributed by atoms with Crippen molar-refractivity contribution in [2.45, 2.75) is 32.4 Å². The molecule has 0 saturated heterocycles. The lowest BCUT2D eigenvalue weighted by atomic mass is 9.99. The number of hydrogen-bond donors (Lipinski definition) is 1. The molecule has 0 spiro atoms. The fraction of sp³-hybridized carbons (Fsp3) is 0.400. The van der Waals surface area contributed by atoms with Crippen LogP contribution in [-0.2, 0) is 13.0 Å². The molecule has 2 nitrogen and oxygen atoms in total. The van der Waals surface area contributed by atoms with Crippen LogP contribution in [0.3, 0.4) is 0 Å². The Kier molecular flexibility index (Phi) is 6.17. The van der Waals surface area contributed by atoms with E-state index in [1.807, 2.05) is 7.05 Å². The second-order valence-electron chi connectivity index (χ2n) is 6.36. The van der Waals surface area contributed by atoms with Crippen LogP contribution in [0.5, 0.6) is 0 Å². The molecule has 0 aliphatic carbocycles. The van der Waals surface area contributed by atoms with Crippen molar-refractivity contribution >= 4 is 0 Å². The molecule has 2 heteroatoms. The van der Waals surface area contributed by atoms with Gasteiger partial charge in [0, 0.05) is 12.6 Å². The number of aryl methyl sites for hydroxylation is 1. The molecule has 2 aromatic rings.